The van der Waals surface area contributed by atoms with E-state index in [2.05, 4.69) is 140 Å². The van der Waals surface area contributed by atoms with Gasteiger partial charge in [-0.2, -0.15) is 5.26 Å². The van der Waals surface area contributed by atoms with Crippen LogP contribution in [0.15, 0.2) is 59.1 Å². The highest BCUT2D eigenvalue weighted by Gasteiger charge is 2.64. The maximum atomic E-state index is 14.1. The van der Waals surface area contributed by atoms with E-state index in [1.807, 2.05) is 0 Å². The van der Waals surface area contributed by atoms with Gasteiger partial charge in [0.1, 0.15) is 24.2 Å². The number of nitrogens with zero attached hydrogens (tertiary/aromatic N) is 4. The molecule has 378 valence electrons. The maximum Gasteiger partial charge on any atom is 0.228 e. The molecule has 0 radical (unpaired) electrons. The summed E-state index contributed by atoms with van der Waals surface area (Å²) in [5.41, 5.74) is 13.0. The van der Waals surface area contributed by atoms with Gasteiger partial charge in [0.2, 0.25) is 5.91 Å². The number of rotatable bonds is 11. The van der Waals surface area contributed by atoms with Crippen molar-refractivity contribution in [2.24, 2.45) is 50.8 Å². The first-order valence-electron chi connectivity index (χ1n) is 26.9. The number of ether oxygens (including phenoxy) is 2. The van der Waals surface area contributed by atoms with Crippen LogP contribution < -0.4 is 31.5 Å². The second kappa shape index (κ2) is 19.0. The summed E-state index contributed by atoms with van der Waals surface area (Å²) >= 11 is 8.47. The van der Waals surface area contributed by atoms with Crippen LogP contribution in [0.1, 0.15) is 129 Å². The van der Waals surface area contributed by atoms with Gasteiger partial charge in [0, 0.05) is 72.4 Å². The van der Waals surface area contributed by atoms with Crippen molar-refractivity contribution < 1.29 is 14.3 Å². The number of halogens is 1. The summed E-state index contributed by atoms with van der Waals surface area (Å²) in [7, 11) is 0. The number of hydrogen-bond donors (Lipinski definition) is 5. The number of benzene rings is 2. The Bertz CT molecular complexity index is 2370. The van der Waals surface area contributed by atoms with Crippen LogP contribution >= 0.6 is 23.4 Å². The standard InChI is InChI=1S/C56H78ClN9O3S/c1-9-34-22-38(50(67)62-52-54(5,6)53(55(52,7)8)69-40-15-14-37(29-58)43(57)24-40)30-60-45(23-34)65-19-16-56(17-20-65)27-39(28-56)42-25-41(42)35-10-12-36(13-11-35)48-47-31(2)32(3)70-51(47)66-33(4)63-64-49(66)44(61-48)26-46-59-18-21-68-46/h10-15,22,24,31-33,38-39,41-42,44-47,49,51-53,59-60,63-64H,9,16-21,23,25-28,30H2,1-8H3,(H,62,67)/t31?,32?,33?,38?,41?,42?,44-,45?,46?,47?,49?,51?,52?,53?/m1/s1. The lowest BCUT2D eigenvalue weighted by Crippen LogP contribution is -2.75. The van der Waals surface area contributed by atoms with E-state index in [4.69, 9.17) is 26.1 Å². The first-order valence-corrected chi connectivity index (χ1v) is 28.2. The average Bonchev–Trinajstić information content (AvgIpc) is 3.78. The molecule has 3 saturated carbocycles. The molecule has 6 heterocycles. The van der Waals surface area contributed by atoms with Crippen LogP contribution in [0.4, 0.5) is 0 Å². The van der Waals surface area contributed by atoms with Crippen LogP contribution in [0, 0.1) is 57.2 Å². The predicted octanol–water partition coefficient (Wildman–Crippen LogP) is 8.38. The van der Waals surface area contributed by atoms with Crippen LogP contribution in [0.25, 0.3) is 0 Å². The second-order valence-corrected chi connectivity index (χ2v) is 26.1. The molecule has 14 heteroatoms. The van der Waals surface area contributed by atoms with Crippen LogP contribution in [-0.4, -0.2) is 108 Å². The number of nitriles is 1. The Morgan fingerprint density at radius 1 is 1.04 bits per heavy atom. The van der Waals surface area contributed by atoms with Crippen molar-refractivity contribution in [2.45, 2.75) is 166 Å². The summed E-state index contributed by atoms with van der Waals surface area (Å²) in [6.07, 6.45) is 12.2. The molecule has 2 aromatic carbocycles. The number of piperidine rings is 1. The number of hydrazine groups is 1. The van der Waals surface area contributed by atoms with Gasteiger partial charge in [0.05, 0.1) is 53.0 Å². The number of amides is 1. The molecule has 1 amide bonds. The van der Waals surface area contributed by atoms with E-state index in [1.54, 1.807) is 18.2 Å². The topological polar surface area (TPSA) is 138 Å². The normalized spacial score (nSPS) is 38.7. The zero-order chi connectivity index (χ0) is 48.9. The molecule has 9 aliphatic rings. The van der Waals surface area contributed by atoms with Gasteiger partial charge in [0.15, 0.2) is 0 Å². The molecule has 3 aliphatic carbocycles. The number of aliphatic imine (C=N–C) groups is 1. The molecule has 7 fully saturated rings. The van der Waals surface area contributed by atoms with Gasteiger partial charge >= 0.3 is 0 Å². The smallest absolute Gasteiger partial charge is 0.228 e. The van der Waals surface area contributed by atoms with E-state index in [0.29, 0.717) is 56.7 Å². The Morgan fingerprint density at radius 3 is 2.49 bits per heavy atom. The zero-order valence-corrected chi connectivity index (χ0v) is 44.3. The number of likely N-dealkylation sites (tertiary alicyclic amines) is 1. The van der Waals surface area contributed by atoms with Crippen LogP contribution in [0.3, 0.4) is 0 Å². The number of carbonyl (C=O) groups excluding carboxylic acids is 1. The minimum Gasteiger partial charge on any atom is -0.489 e. The third-order valence-electron chi connectivity index (χ3n) is 19.2. The van der Waals surface area contributed by atoms with Gasteiger partial charge in [-0.25, -0.2) is 10.9 Å². The molecule has 0 bridgehead atoms. The fourth-order valence-electron chi connectivity index (χ4n) is 15.1. The number of fused-ring (bicyclic) bond motifs is 3. The lowest BCUT2D eigenvalue weighted by Gasteiger charge is -2.63. The Labute approximate surface area is 426 Å². The quantitative estimate of drug-likeness (QED) is 0.139. The number of carbonyl (C=O) groups is 1. The van der Waals surface area contributed by atoms with Crippen LogP contribution in [0.2, 0.25) is 5.02 Å². The highest BCUT2D eigenvalue weighted by molar-refractivity contribution is 8.00. The van der Waals surface area contributed by atoms with Crippen molar-refractivity contribution in [1.82, 2.24) is 36.6 Å². The Balaban J connectivity index is 0.675. The highest BCUT2D eigenvalue weighted by Crippen LogP contribution is 2.64. The fourth-order valence-corrected chi connectivity index (χ4v) is 17.2. The summed E-state index contributed by atoms with van der Waals surface area (Å²) in [6.45, 7) is 22.6. The molecule has 12 nitrogen and oxygen atoms in total. The third kappa shape index (κ3) is 8.89. The molecule has 12 atom stereocenters. The monoisotopic (exact) mass is 992 g/mol. The number of thioether (sulfide) groups is 1. The summed E-state index contributed by atoms with van der Waals surface area (Å²) in [5, 5.41) is 21.6. The molecule has 0 aromatic heterocycles. The molecule has 1 spiro atoms. The van der Waals surface area contributed by atoms with Gasteiger partial charge in [-0.3, -0.25) is 24.9 Å². The van der Waals surface area contributed by atoms with Gasteiger partial charge in [0.25, 0.3) is 0 Å². The molecule has 11 unspecified atom stereocenters. The van der Waals surface area contributed by atoms with E-state index in [1.165, 1.54) is 54.5 Å². The summed E-state index contributed by atoms with van der Waals surface area (Å²) in [5.74, 6) is 3.75. The van der Waals surface area contributed by atoms with Gasteiger partial charge in [-0.15, -0.1) is 11.8 Å². The van der Waals surface area contributed by atoms with E-state index in [-0.39, 0.29) is 65.6 Å². The van der Waals surface area contributed by atoms with Crippen LogP contribution in [-0.2, 0) is 9.53 Å². The molecule has 4 saturated heterocycles. The summed E-state index contributed by atoms with van der Waals surface area (Å²) in [4.78, 5) is 25.2. The lowest BCUT2D eigenvalue weighted by molar-refractivity contribution is -0.174. The van der Waals surface area contributed by atoms with Crippen molar-refractivity contribution in [2.75, 3.05) is 32.8 Å². The van der Waals surface area contributed by atoms with Gasteiger partial charge in [-0.1, -0.05) is 96.0 Å². The number of nitrogens with one attached hydrogen (secondary N) is 5. The molecular weight excluding hydrogens is 914 g/mol. The molecule has 70 heavy (non-hydrogen) atoms. The van der Waals surface area contributed by atoms with E-state index >= 15 is 0 Å². The Kier molecular flexibility index (Phi) is 13.4. The van der Waals surface area contributed by atoms with Crippen molar-refractivity contribution in [1.29, 1.82) is 5.26 Å². The van der Waals surface area contributed by atoms with E-state index in [9.17, 15) is 10.1 Å². The van der Waals surface area contributed by atoms with Crippen molar-refractivity contribution in [3.8, 4) is 11.8 Å². The summed E-state index contributed by atoms with van der Waals surface area (Å²) in [6, 6.07) is 17.1. The molecule has 11 rings (SSSR count). The first kappa shape index (κ1) is 49.2. The van der Waals surface area contributed by atoms with Crippen molar-refractivity contribution in [3.05, 3.63) is 75.8 Å². The van der Waals surface area contributed by atoms with E-state index in [0.717, 1.165) is 57.3 Å². The number of hydrogen-bond acceptors (Lipinski definition) is 12. The minimum atomic E-state index is -0.309. The van der Waals surface area contributed by atoms with Gasteiger partial charge in [-0.05, 0) is 104 Å². The second-order valence-electron chi connectivity index (χ2n) is 24.2. The molecular formula is C56H78ClN9O3S. The van der Waals surface area contributed by atoms with Gasteiger partial charge < -0.3 is 20.1 Å². The van der Waals surface area contributed by atoms with Crippen molar-refractivity contribution >= 4 is 35.0 Å². The lowest BCUT2D eigenvalue weighted by atomic mass is 9.49. The molecule has 6 aliphatic heterocycles. The Morgan fingerprint density at radius 2 is 1.80 bits per heavy atom. The Hall–Kier alpha value is -3.03. The SMILES string of the molecule is CCC1=CC(C(=O)NC2C(C)(C)C(Oc3ccc(C#N)c(Cl)c3)C2(C)C)CNC(N2CCC3(CC2)CC(C2CC2c2ccc(C4=N[C@H](CC5NCCO5)C5NNC(C)N5C5SC(C)C(C)C45)cc2)C3)C1. The van der Waals surface area contributed by atoms with Crippen molar-refractivity contribution in [3.63, 3.8) is 0 Å². The highest BCUT2D eigenvalue weighted by atomic mass is 35.5. The fraction of sp³-hybridized carbons (Fsp3) is 0.696. The zero-order valence-electron chi connectivity index (χ0n) is 42.8. The minimum absolute atomic E-state index is 0.0459. The first-order chi connectivity index (χ1) is 33.6. The molecule has 2 aromatic rings. The average molecular weight is 993 g/mol. The van der Waals surface area contributed by atoms with Crippen LogP contribution in [0.5, 0.6) is 5.75 Å². The maximum absolute atomic E-state index is 14.1. The summed E-state index contributed by atoms with van der Waals surface area (Å²) < 4.78 is 12.6. The largest absolute Gasteiger partial charge is 0.489 e. The predicted molar refractivity (Wildman–Crippen MR) is 279 cm³/mol. The van der Waals surface area contributed by atoms with E-state index < -0.39 is 0 Å². The third-order valence-corrected chi connectivity index (χ3v) is 21.2. The molecule has 5 N–H and O–H groups in total.